The lowest BCUT2D eigenvalue weighted by Crippen LogP contribution is -2.43. The predicted molar refractivity (Wildman–Crippen MR) is 53.7 cm³/mol. The molecule has 0 aliphatic heterocycles. The summed E-state index contributed by atoms with van der Waals surface area (Å²) in [5.74, 6) is -0.615. The Morgan fingerprint density at radius 1 is 1.47 bits per heavy atom. The van der Waals surface area contributed by atoms with Crippen LogP contribution in [0.15, 0.2) is 9.59 Å². The van der Waals surface area contributed by atoms with Crippen LogP contribution >= 0.6 is 11.6 Å². The second-order valence-electron chi connectivity index (χ2n) is 3.96. The van der Waals surface area contributed by atoms with E-state index in [0.717, 1.165) is 17.4 Å². The van der Waals surface area contributed by atoms with E-state index in [1.807, 2.05) is 6.92 Å². The van der Waals surface area contributed by atoms with E-state index in [2.05, 4.69) is 4.98 Å². The fourth-order valence-electron chi connectivity index (χ4n) is 1.90. The first-order valence-corrected chi connectivity index (χ1v) is 5.08. The average Bonchev–Trinajstić information content (AvgIpc) is 2.12. The average molecular weight is 233 g/mol. The van der Waals surface area contributed by atoms with Gasteiger partial charge in [0, 0.05) is 6.04 Å². The Bertz CT molecular complexity index is 502. The monoisotopic (exact) mass is 232 g/mol. The molecule has 0 saturated heterocycles. The van der Waals surface area contributed by atoms with Gasteiger partial charge in [-0.05, 0) is 18.8 Å². The number of aromatic amines is 1. The molecule has 0 bridgehead atoms. The zero-order valence-corrected chi connectivity index (χ0v) is 8.84. The summed E-state index contributed by atoms with van der Waals surface area (Å²) >= 11 is 5.34. The van der Waals surface area contributed by atoms with Gasteiger partial charge in [-0.2, -0.15) is 4.39 Å². The van der Waals surface area contributed by atoms with Crippen molar-refractivity contribution in [3.05, 3.63) is 31.8 Å². The van der Waals surface area contributed by atoms with Gasteiger partial charge in [0.05, 0.1) is 0 Å². The zero-order valence-electron chi connectivity index (χ0n) is 8.09. The molecule has 0 atom stereocenters. The van der Waals surface area contributed by atoms with Gasteiger partial charge in [-0.25, -0.2) is 4.79 Å². The molecule has 0 aromatic carbocycles. The molecule has 6 heteroatoms. The number of nitrogens with zero attached hydrogens (tertiary/aromatic N) is 1. The van der Waals surface area contributed by atoms with E-state index in [0.29, 0.717) is 5.92 Å². The lowest BCUT2D eigenvalue weighted by atomic mass is 9.82. The third-order valence-electron chi connectivity index (χ3n) is 2.75. The van der Waals surface area contributed by atoms with Crippen molar-refractivity contribution in [2.45, 2.75) is 25.8 Å². The molecule has 1 aliphatic rings. The fraction of sp³-hybridized carbons (Fsp3) is 0.556. The van der Waals surface area contributed by atoms with Crippen molar-refractivity contribution < 1.29 is 4.39 Å². The van der Waals surface area contributed by atoms with Crippen LogP contribution in [-0.4, -0.2) is 9.55 Å². The maximum atomic E-state index is 13.2. The maximum Gasteiger partial charge on any atom is 0.329 e. The Morgan fingerprint density at radius 2 is 2.07 bits per heavy atom. The largest absolute Gasteiger partial charge is 0.329 e. The first kappa shape index (κ1) is 10.4. The van der Waals surface area contributed by atoms with E-state index in [-0.39, 0.29) is 6.04 Å². The van der Waals surface area contributed by atoms with Crippen LogP contribution in [0.5, 0.6) is 0 Å². The van der Waals surface area contributed by atoms with Crippen LogP contribution in [-0.2, 0) is 0 Å². The maximum absolute atomic E-state index is 13.2. The van der Waals surface area contributed by atoms with E-state index >= 15 is 0 Å². The Morgan fingerprint density at radius 3 is 2.60 bits per heavy atom. The van der Waals surface area contributed by atoms with Gasteiger partial charge in [0.2, 0.25) is 5.82 Å². The summed E-state index contributed by atoms with van der Waals surface area (Å²) < 4.78 is 14.1. The van der Waals surface area contributed by atoms with E-state index in [4.69, 9.17) is 11.6 Å². The van der Waals surface area contributed by atoms with Crippen LogP contribution < -0.4 is 11.2 Å². The molecule has 1 heterocycles. The first-order valence-electron chi connectivity index (χ1n) is 4.70. The van der Waals surface area contributed by atoms with Crippen LogP contribution in [0.3, 0.4) is 0 Å². The van der Waals surface area contributed by atoms with Crippen LogP contribution in [0.25, 0.3) is 0 Å². The number of hydrogen-bond donors (Lipinski definition) is 1. The van der Waals surface area contributed by atoms with Gasteiger partial charge in [0.25, 0.3) is 5.56 Å². The van der Waals surface area contributed by atoms with Crippen molar-refractivity contribution >= 4 is 11.6 Å². The SMILES string of the molecule is CC1CC(n2c(=O)[nH]c(Cl)c(F)c2=O)C1. The second-order valence-corrected chi connectivity index (χ2v) is 4.34. The molecule has 0 spiro atoms. The molecule has 1 aliphatic carbocycles. The lowest BCUT2D eigenvalue weighted by molar-refractivity contribution is 0.202. The van der Waals surface area contributed by atoms with Crippen molar-refractivity contribution in [1.29, 1.82) is 0 Å². The van der Waals surface area contributed by atoms with Crippen LogP contribution in [0, 0.1) is 11.7 Å². The van der Waals surface area contributed by atoms with Crippen molar-refractivity contribution in [3.8, 4) is 0 Å². The molecule has 1 aromatic heterocycles. The number of hydrogen-bond acceptors (Lipinski definition) is 2. The minimum atomic E-state index is -1.09. The summed E-state index contributed by atoms with van der Waals surface area (Å²) in [5, 5.41) is -0.520. The van der Waals surface area contributed by atoms with Crippen molar-refractivity contribution in [2.24, 2.45) is 5.92 Å². The van der Waals surface area contributed by atoms with Crippen LogP contribution in [0.1, 0.15) is 25.8 Å². The zero-order chi connectivity index (χ0) is 11.2. The van der Waals surface area contributed by atoms with E-state index in [1.165, 1.54) is 0 Å². The molecule has 1 N–H and O–H groups in total. The fourth-order valence-corrected chi connectivity index (χ4v) is 2.06. The van der Waals surface area contributed by atoms with Gasteiger partial charge < -0.3 is 0 Å². The quantitative estimate of drug-likeness (QED) is 0.742. The molecule has 15 heavy (non-hydrogen) atoms. The first-order chi connectivity index (χ1) is 7.00. The summed E-state index contributed by atoms with van der Waals surface area (Å²) in [5.41, 5.74) is -1.57. The van der Waals surface area contributed by atoms with Gasteiger partial charge in [-0.1, -0.05) is 18.5 Å². The summed E-state index contributed by atoms with van der Waals surface area (Å²) in [4.78, 5) is 25.0. The van der Waals surface area contributed by atoms with Crippen molar-refractivity contribution in [2.75, 3.05) is 0 Å². The number of H-pyrrole nitrogens is 1. The highest BCUT2D eigenvalue weighted by Crippen LogP contribution is 2.35. The highest BCUT2D eigenvalue weighted by Gasteiger charge is 2.30. The molecule has 2 rings (SSSR count). The number of halogens is 2. The molecular weight excluding hydrogens is 223 g/mol. The number of aromatic nitrogens is 2. The summed E-state index contributed by atoms with van der Waals surface area (Å²) in [6.45, 7) is 2.02. The normalized spacial score (nSPS) is 25.0. The molecule has 0 unspecified atom stereocenters. The number of nitrogens with one attached hydrogen (secondary N) is 1. The predicted octanol–water partition coefficient (Wildman–Crippen LogP) is 1.30. The minimum Gasteiger partial charge on any atom is -0.295 e. The third-order valence-corrected chi connectivity index (χ3v) is 3.01. The highest BCUT2D eigenvalue weighted by atomic mass is 35.5. The summed E-state index contributed by atoms with van der Waals surface area (Å²) in [7, 11) is 0. The van der Waals surface area contributed by atoms with E-state index < -0.39 is 22.2 Å². The Balaban J connectivity index is 2.53. The van der Waals surface area contributed by atoms with Crippen LogP contribution in [0.4, 0.5) is 4.39 Å². The summed E-state index contributed by atoms with van der Waals surface area (Å²) in [6.07, 6.45) is 1.45. The van der Waals surface area contributed by atoms with Gasteiger partial charge in [0.1, 0.15) is 0 Å². The molecule has 82 valence electrons. The van der Waals surface area contributed by atoms with Gasteiger partial charge >= 0.3 is 5.69 Å². The van der Waals surface area contributed by atoms with Gasteiger partial charge in [-0.15, -0.1) is 0 Å². The smallest absolute Gasteiger partial charge is 0.295 e. The van der Waals surface area contributed by atoms with Crippen LogP contribution in [0.2, 0.25) is 5.15 Å². The molecule has 1 saturated carbocycles. The highest BCUT2D eigenvalue weighted by molar-refractivity contribution is 6.29. The molecule has 1 fully saturated rings. The van der Waals surface area contributed by atoms with Crippen molar-refractivity contribution in [3.63, 3.8) is 0 Å². The Hall–Kier alpha value is -1.10. The molecule has 0 radical (unpaired) electrons. The molecule has 0 amide bonds. The number of rotatable bonds is 1. The van der Waals surface area contributed by atoms with Crippen molar-refractivity contribution in [1.82, 2.24) is 9.55 Å². The Kier molecular flexibility index (Phi) is 2.42. The van der Waals surface area contributed by atoms with E-state index in [9.17, 15) is 14.0 Å². The van der Waals surface area contributed by atoms with E-state index in [1.54, 1.807) is 0 Å². The minimum absolute atomic E-state index is 0.192. The second kappa shape index (κ2) is 3.48. The third kappa shape index (κ3) is 1.61. The Labute approximate surface area is 89.7 Å². The molecule has 1 aromatic rings. The topological polar surface area (TPSA) is 54.9 Å². The molecule has 4 nitrogen and oxygen atoms in total. The standard InChI is InChI=1S/C9H10ClFN2O2/c1-4-2-5(3-4)13-8(14)6(11)7(10)12-9(13)15/h4-5H,2-3H2,1H3,(H,12,15). The van der Waals surface area contributed by atoms with Gasteiger partial charge in [-0.3, -0.25) is 14.3 Å². The molecular formula is C9H10ClFN2O2. The lowest BCUT2D eigenvalue weighted by Gasteiger charge is -2.33. The summed E-state index contributed by atoms with van der Waals surface area (Å²) in [6, 6.07) is -0.192. The van der Waals surface area contributed by atoms with Gasteiger partial charge in [0.15, 0.2) is 5.15 Å².